The van der Waals surface area contributed by atoms with E-state index >= 15 is 0 Å². The molecule has 3 amide bonds. The first kappa shape index (κ1) is 16.2. The average Bonchev–Trinajstić information content (AvgIpc) is 2.29. The number of hydrogen-bond donors (Lipinski definition) is 3. The summed E-state index contributed by atoms with van der Waals surface area (Å²) in [6.45, 7) is 2.08. The fraction of sp³-hybridized carbons (Fsp3) is 0.727. The molecule has 18 heavy (non-hydrogen) atoms. The monoisotopic (exact) mass is 259 g/mol. The number of carboxylic acid groups (broad SMARTS) is 1. The molecule has 4 N–H and O–H groups in total. The van der Waals surface area contributed by atoms with Gasteiger partial charge in [-0.15, -0.1) is 0 Å². The van der Waals surface area contributed by atoms with Gasteiger partial charge >= 0.3 is 12.0 Å². The topological polar surface area (TPSA) is 113 Å². The van der Waals surface area contributed by atoms with Crippen molar-refractivity contribution in [3.05, 3.63) is 0 Å². The number of nitrogens with one attached hydrogen (secondary N) is 1. The van der Waals surface area contributed by atoms with Gasteiger partial charge in [0.05, 0.1) is 6.42 Å². The largest absolute Gasteiger partial charge is 0.481 e. The molecule has 0 radical (unpaired) electrons. The van der Waals surface area contributed by atoms with Gasteiger partial charge in [-0.1, -0.05) is 19.8 Å². The van der Waals surface area contributed by atoms with Crippen LogP contribution < -0.4 is 11.1 Å². The van der Waals surface area contributed by atoms with Gasteiger partial charge in [-0.25, -0.2) is 4.79 Å². The second kappa shape index (κ2) is 8.32. The van der Waals surface area contributed by atoms with Crippen LogP contribution in [0.15, 0.2) is 0 Å². The first-order chi connectivity index (χ1) is 8.38. The summed E-state index contributed by atoms with van der Waals surface area (Å²) in [6, 6.07) is -1.43. The molecule has 0 aliphatic heterocycles. The fourth-order valence-electron chi connectivity index (χ4n) is 1.48. The van der Waals surface area contributed by atoms with Crippen molar-refractivity contribution in [2.45, 2.75) is 38.6 Å². The highest BCUT2D eigenvalue weighted by Gasteiger charge is 2.22. The SMILES string of the molecule is CCCCC(NC(N)=O)C(=O)N(C)CCC(=O)O. The number of carbonyl (C=O) groups excluding carboxylic acids is 2. The standard InChI is InChI=1S/C11H21N3O4/c1-3-4-5-8(13-11(12)18)10(17)14(2)7-6-9(15)16/h8H,3-7H2,1-2H3,(H,15,16)(H3,12,13,18). The summed E-state index contributed by atoms with van der Waals surface area (Å²) in [6.07, 6.45) is 2.04. The molecule has 0 aliphatic rings. The summed E-state index contributed by atoms with van der Waals surface area (Å²) in [7, 11) is 1.51. The van der Waals surface area contributed by atoms with E-state index in [-0.39, 0.29) is 18.9 Å². The van der Waals surface area contributed by atoms with Gasteiger partial charge < -0.3 is 21.1 Å². The van der Waals surface area contributed by atoms with Gasteiger partial charge in [-0.2, -0.15) is 0 Å². The number of rotatable bonds is 8. The quantitative estimate of drug-likeness (QED) is 0.575. The van der Waals surface area contributed by atoms with Crippen molar-refractivity contribution in [2.24, 2.45) is 5.73 Å². The van der Waals surface area contributed by atoms with E-state index < -0.39 is 18.0 Å². The maximum Gasteiger partial charge on any atom is 0.312 e. The second-order valence-corrected chi connectivity index (χ2v) is 4.11. The van der Waals surface area contributed by atoms with Crippen LogP contribution in [0.2, 0.25) is 0 Å². The van der Waals surface area contributed by atoms with Crippen LogP contribution >= 0.6 is 0 Å². The summed E-state index contributed by atoms with van der Waals surface area (Å²) in [5.74, 6) is -1.29. The molecular formula is C11H21N3O4. The van der Waals surface area contributed by atoms with E-state index in [0.717, 1.165) is 12.8 Å². The minimum atomic E-state index is -0.970. The molecule has 0 aromatic carbocycles. The maximum absolute atomic E-state index is 12.0. The minimum Gasteiger partial charge on any atom is -0.481 e. The third kappa shape index (κ3) is 6.72. The van der Waals surface area contributed by atoms with Gasteiger partial charge in [0.25, 0.3) is 0 Å². The van der Waals surface area contributed by atoms with Crippen molar-refractivity contribution in [1.82, 2.24) is 10.2 Å². The number of carboxylic acids is 1. The number of primary amides is 1. The van der Waals surface area contributed by atoms with Gasteiger partial charge in [0.15, 0.2) is 0 Å². The van der Waals surface area contributed by atoms with Crippen LogP contribution in [-0.4, -0.2) is 47.5 Å². The lowest BCUT2D eigenvalue weighted by molar-refractivity contribution is -0.138. The summed E-state index contributed by atoms with van der Waals surface area (Å²) < 4.78 is 0. The van der Waals surface area contributed by atoms with Crippen LogP contribution in [-0.2, 0) is 9.59 Å². The molecule has 0 bridgehead atoms. The Labute approximate surface area is 106 Å². The summed E-state index contributed by atoms with van der Waals surface area (Å²) >= 11 is 0. The molecule has 0 fully saturated rings. The van der Waals surface area contributed by atoms with E-state index in [4.69, 9.17) is 10.8 Å². The summed E-state index contributed by atoms with van der Waals surface area (Å²) in [4.78, 5) is 34.5. The van der Waals surface area contributed by atoms with Crippen LogP contribution in [0.1, 0.15) is 32.6 Å². The van der Waals surface area contributed by atoms with Gasteiger partial charge in [0.1, 0.15) is 6.04 Å². The Kier molecular flexibility index (Phi) is 7.50. The third-order valence-corrected chi connectivity index (χ3v) is 2.50. The van der Waals surface area contributed by atoms with Crippen LogP contribution in [0.3, 0.4) is 0 Å². The molecule has 7 heteroatoms. The van der Waals surface area contributed by atoms with Crippen molar-refractivity contribution in [2.75, 3.05) is 13.6 Å². The molecular weight excluding hydrogens is 238 g/mol. The number of carbonyl (C=O) groups is 3. The van der Waals surface area contributed by atoms with Gasteiger partial charge in [-0.05, 0) is 6.42 Å². The van der Waals surface area contributed by atoms with E-state index in [0.29, 0.717) is 6.42 Å². The summed E-state index contributed by atoms with van der Waals surface area (Å²) in [5, 5.41) is 10.9. The molecule has 0 aromatic rings. The second-order valence-electron chi connectivity index (χ2n) is 4.11. The maximum atomic E-state index is 12.0. The average molecular weight is 259 g/mol. The lowest BCUT2D eigenvalue weighted by Gasteiger charge is -2.23. The normalized spacial score (nSPS) is 11.7. The Morgan fingerprint density at radius 3 is 2.44 bits per heavy atom. The van der Waals surface area contributed by atoms with Crippen LogP contribution in [0, 0.1) is 0 Å². The Bertz CT molecular complexity index is 307. The fourth-order valence-corrected chi connectivity index (χ4v) is 1.48. The molecule has 0 saturated carbocycles. The first-order valence-electron chi connectivity index (χ1n) is 5.91. The Balaban J connectivity index is 4.41. The number of nitrogens with two attached hydrogens (primary N) is 1. The molecule has 1 unspecified atom stereocenters. The van der Waals surface area contributed by atoms with Gasteiger partial charge in [0, 0.05) is 13.6 Å². The highest BCUT2D eigenvalue weighted by molar-refractivity contribution is 5.86. The van der Waals surface area contributed by atoms with E-state index in [1.807, 2.05) is 6.92 Å². The zero-order valence-electron chi connectivity index (χ0n) is 10.8. The number of aliphatic carboxylic acids is 1. The van der Waals surface area contributed by atoms with Crippen molar-refractivity contribution in [3.63, 3.8) is 0 Å². The van der Waals surface area contributed by atoms with Crippen molar-refractivity contribution in [3.8, 4) is 0 Å². The number of unbranched alkanes of at least 4 members (excludes halogenated alkanes) is 1. The molecule has 0 heterocycles. The lowest BCUT2D eigenvalue weighted by Crippen LogP contribution is -2.49. The molecule has 1 atom stereocenters. The molecule has 104 valence electrons. The number of amides is 3. The Morgan fingerprint density at radius 2 is 2.00 bits per heavy atom. The number of nitrogens with zero attached hydrogens (tertiary/aromatic N) is 1. The minimum absolute atomic E-state index is 0.108. The summed E-state index contributed by atoms with van der Waals surface area (Å²) in [5.41, 5.74) is 5.01. The van der Waals surface area contributed by atoms with Crippen molar-refractivity contribution >= 4 is 17.9 Å². The predicted molar refractivity (Wildman–Crippen MR) is 65.9 cm³/mol. The van der Waals surface area contributed by atoms with E-state index in [2.05, 4.69) is 5.32 Å². The van der Waals surface area contributed by atoms with Gasteiger partial charge in [-0.3, -0.25) is 9.59 Å². The first-order valence-corrected chi connectivity index (χ1v) is 5.91. The highest BCUT2D eigenvalue weighted by atomic mass is 16.4. The van der Waals surface area contributed by atoms with Crippen molar-refractivity contribution in [1.29, 1.82) is 0 Å². The molecule has 0 spiro atoms. The Morgan fingerprint density at radius 1 is 1.39 bits per heavy atom. The number of likely N-dealkylation sites (N-methyl/N-ethyl adjacent to an activating group) is 1. The smallest absolute Gasteiger partial charge is 0.312 e. The van der Waals surface area contributed by atoms with E-state index in [1.54, 1.807) is 0 Å². The molecule has 0 aromatic heterocycles. The number of urea groups is 1. The Hall–Kier alpha value is -1.79. The predicted octanol–water partition coefficient (Wildman–Crippen LogP) is 0.147. The van der Waals surface area contributed by atoms with Crippen LogP contribution in [0.4, 0.5) is 4.79 Å². The molecule has 0 rings (SSSR count). The molecule has 7 nitrogen and oxygen atoms in total. The highest BCUT2D eigenvalue weighted by Crippen LogP contribution is 2.04. The lowest BCUT2D eigenvalue weighted by atomic mass is 10.1. The van der Waals surface area contributed by atoms with E-state index in [1.165, 1.54) is 11.9 Å². The molecule has 0 saturated heterocycles. The van der Waals surface area contributed by atoms with Crippen molar-refractivity contribution < 1.29 is 19.5 Å². The molecule has 0 aliphatic carbocycles. The zero-order chi connectivity index (χ0) is 14.1. The van der Waals surface area contributed by atoms with E-state index in [9.17, 15) is 14.4 Å². The zero-order valence-corrected chi connectivity index (χ0v) is 10.8. The van der Waals surface area contributed by atoms with Crippen LogP contribution in [0.25, 0.3) is 0 Å². The number of hydrogen-bond acceptors (Lipinski definition) is 3. The third-order valence-electron chi connectivity index (χ3n) is 2.50. The van der Waals surface area contributed by atoms with Gasteiger partial charge in [0.2, 0.25) is 5.91 Å². The van der Waals surface area contributed by atoms with Crippen LogP contribution in [0.5, 0.6) is 0 Å².